The number of nitrogens with zero attached hydrogens (tertiary/aromatic N) is 2. The maximum absolute atomic E-state index is 7.26. The van der Waals surface area contributed by atoms with E-state index in [4.69, 9.17) is 15.9 Å². The number of amidine groups is 1. The Morgan fingerprint density at radius 3 is 2.93 bits per heavy atom. The Labute approximate surface area is 89.4 Å². The van der Waals surface area contributed by atoms with Gasteiger partial charge in [0.1, 0.15) is 12.4 Å². The molecule has 0 aliphatic heterocycles. The van der Waals surface area contributed by atoms with Crippen LogP contribution in [0.2, 0.25) is 0 Å². The Hall–Kier alpha value is -1.62. The molecule has 0 aliphatic rings. The van der Waals surface area contributed by atoms with Crippen molar-refractivity contribution in [1.82, 2.24) is 9.88 Å². The van der Waals surface area contributed by atoms with E-state index >= 15 is 0 Å². The van der Waals surface area contributed by atoms with Crippen molar-refractivity contribution >= 4 is 5.84 Å². The summed E-state index contributed by atoms with van der Waals surface area (Å²) in [6.07, 6.45) is 1.59. The first-order valence-corrected chi connectivity index (χ1v) is 4.67. The average molecular weight is 208 g/mol. The second kappa shape index (κ2) is 5.31. The van der Waals surface area contributed by atoms with E-state index in [2.05, 4.69) is 4.98 Å². The number of ether oxygens (including phenoxy) is 1. The van der Waals surface area contributed by atoms with Gasteiger partial charge in [0.2, 0.25) is 5.88 Å². The van der Waals surface area contributed by atoms with Gasteiger partial charge in [-0.05, 0) is 20.2 Å². The standard InChI is InChI=1S/C10H16N4O/c1-14(2)5-6-15-9-7-8(10(11)12)3-4-13-9/h3-4,7H,5-6H2,1-2H3,(H3,11,12). The number of hydrogen-bond acceptors (Lipinski definition) is 4. The Bertz CT molecular complexity index is 338. The van der Waals surface area contributed by atoms with Crippen molar-refractivity contribution in [1.29, 1.82) is 5.41 Å². The maximum atomic E-state index is 7.26. The van der Waals surface area contributed by atoms with Crippen LogP contribution in [0.25, 0.3) is 0 Å². The minimum Gasteiger partial charge on any atom is -0.476 e. The first-order valence-electron chi connectivity index (χ1n) is 4.67. The van der Waals surface area contributed by atoms with Crippen molar-refractivity contribution in [2.75, 3.05) is 27.2 Å². The molecular weight excluding hydrogens is 192 g/mol. The number of nitrogens with one attached hydrogen (secondary N) is 1. The summed E-state index contributed by atoms with van der Waals surface area (Å²) >= 11 is 0. The molecule has 0 aromatic carbocycles. The van der Waals surface area contributed by atoms with Gasteiger partial charge in [0.05, 0.1) is 0 Å². The quantitative estimate of drug-likeness (QED) is 0.539. The smallest absolute Gasteiger partial charge is 0.213 e. The summed E-state index contributed by atoms with van der Waals surface area (Å²) in [4.78, 5) is 6.05. The minimum absolute atomic E-state index is 0.0230. The summed E-state index contributed by atoms with van der Waals surface area (Å²) in [6.45, 7) is 1.40. The van der Waals surface area contributed by atoms with Gasteiger partial charge in [-0.25, -0.2) is 4.98 Å². The van der Waals surface area contributed by atoms with Gasteiger partial charge in [0, 0.05) is 24.4 Å². The zero-order valence-corrected chi connectivity index (χ0v) is 9.03. The van der Waals surface area contributed by atoms with Crippen LogP contribution in [0.5, 0.6) is 5.88 Å². The van der Waals surface area contributed by atoms with Crippen LogP contribution in [0.4, 0.5) is 0 Å². The van der Waals surface area contributed by atoms with Gasteiger partial charge in [0.25, 0.3) is 0 Å². The molecule has 0 bridgehead atoms. The highest BCUT2D eigenvalue weighted by atomic mass is 16.5. The molecule has 15 heavy (non-hydrogen) atoms. The number of pyridine rings is 1. The van der Waals surface area contributed by atoms with Gasteiger partial charge in [-0.1, -0.05) is 0 Å². The number of nitrogens with two attached hydrogens (primary N) is 1. The third-order valence-electron chi connectivity index (χ3n) is 1.83. The van der Waals surface area contributed by atoms with Crippen LogP contribution in [0.3, 0.4) is 0 Å². The molecule has 3 N–H and O–H groups in total. The lowest BCUT2D eigenvalue weighted by Gasteiger charge is -2.10. The molecular formula is C10H16N4O. The van der Waals surface area contributed by atoms with E-state index in [1.807, 2.05) is 19.0 Å². The van der Waals surface area contributed by atoms with Gasteiger partial charge in [-0.15, -0.1) is 0 Å². The number of likely N-dealkylation sites (N-methyl/N-ethyl adjacent to an activating group) is 1. The van der Waals surface area contributed by atoms with Crippen molar-refractivity contribution in [3.8, 4) is 5.88 Å². The van der Waals surface area contributed by atoms with Crippen LogP contribution in [-0.2, 0) is 0 Å². The lowest BCUT2D eigenvalue weighted by atomic mass is 10.2. The molecule has 0 unspecified atom stereocenters. The molecule has 1 rings (SSSR count). The van der Waals surface area contributed by atoms with Crippen LogP contribution in [0.1, 0.15) is 5.56 Å². The molecule has 0 aliphatic carbocycles. The molecule has 0 spiro atoms. The summed E-state index contributed by atoms with van der Waals surface area (Å²) in [5, 5.41) is 7.26. The minimum atomic E-state index is 0.0230. The fourth-order valence-electron chi connectivity index (χ4n) is 0.989. The number of hydrogen-bond donors (Lipinski definition) is 2. The zero-order chi connectivity index (χ0) is 11.3. The SMILES string of the molecule is CN(C)CCOc1cc(C(=N)N)ccn1. The third kappa shape index (κ3) is 3.95. The molecule has 1 aromatic rings. The van der Waals surface area contributed by atoms with Gasteiger partial charge in [0.15, 0.2) is 0 Å². The highest BCUT2D eigenvalue weighted by Gasteiger charge is 2.00. The second-order valence-corrected chi connectivity index (χ2v) is 3.45. The van der Waals surface area contributed by atoms with Crippen LogP contribution in [0, 0.1) is 5.41 Å². The lowest BCUT2D eigenvalue weighted by Crippen LogP contribution is -2.20. The Balaban J connectivity index is 2.54. The van der Waals surface area contributed by atoms with E-state index in [0.717, 1.165) is 6.54 Å². The van der Waals surface area contributed by atoms with E-state index < -0.39 is 0 Å². The van der Waals surface area contributed by atoms with Crippen molar-refractivity contribution in [3.05, 3.63) is 23.9 Å². The monoisotopic (exact) mass is 208 g/mol. The van der Waals surface area contributed by atoms with Crippen LogP contribution in [-0.4, -0.2) is 43.0 Å². The van der Waals surface area contributed by atoms with E-state index in [1.165, 1.54) is 0 Å². The predicted molar refractivity (Wildman–Crippen MR) is 59.3 cm³/mol. The normalized spacial score (nSPS) is 10.3. The molecule has 5 heteroatoms. The fraction of sp³-hybridized carbons (Fsp3) is 0.400. The van der Waals surface area contributed by atoms with Gasteiger partial charge in [-0.2, -0.15) is 0 Å². The maximum Gasteiger partial charge on any atom is 0.213 e. The van der Waals surface area contributed by atoms with E-state index in [-0.39, 0.29) is 5.84 Å². The van der Waals surface area contributed by atoms with Crippen molar-refractivity contribution in [3.63, 3.8) is 0 Å². The van der Waals surface area contributed by atoms with Crippen LogP contribution < -0.4 is 10.5 Å². The number of aromatic nitrogens is 1. The topological polar surface area (TPSA) is 75.2 Å². The van der Waals surface area contributed by atoms with Crippen molar-refractivity contribution < 1.29 is 4.74 Å². The van der Waals surface area contributed by atoms with Gasteiger partial charge in [-0.3, -0.25) is 5.41 Å². The molecule has 0 saturated heterocycles. The molecule has 0 fully saturated rings. The summed E-state index contributed by atoms with van der Waals surface area (Å²) in [5.41, 5.74) is 5.98. The molecule has 0 radical (unpaired) electrons. The predicted octanol–water partition coefficient (Wildman–Crippen LogP) is 0.306. The second-order valence-electron chi connectivity index (χ2n) is 3.45. The first kappa shape index (κ1) is 11.5. The third-order valence-corrected chi connectivity index (χ3v) is 1.83. The number of rotatable bonds is 5. The van der Waals surface area contributed by atoms with Gasteiger partial charge < -0.3 is 15.4 Å². The molecule has 0 amide bonds. The van der Waals surface area contributed by atoms with E-state index in [9.17, 15) is 0 Å². The first-order chi connectivity index (χ1) is 7.09. The van der Waals surface area contributed by atoms with Crippen molar-refractivity contribution in [2.45, 2.75) is 0 Å². The Morgan fingerprint density at radius 1 is 1.60 bits per heavy atom. The lowest BCUT2D eigenvalue weighted by molar-refractivity contribution is 0.254. The molecule has 5 nitrogen and oxygen atoms in total. The average Bonchev–Trinajstić information content (AvgIpc) is 2.17. The van der Waals surface area contributed by atoms with Crippen LogP contribution >= 0.6 is 0 Å². The number of nitrogen functional groups attached to an aromatic ring is 1. The van der Waals surface area contributed by atoms with Crippen LogP contribution in [0.15, 0.2) is 18.3 Å². The Kier molecular flexibility index (Phi) is 4.05. The van der Waals surface area contributed by atoms with Crippen molar-refractivity contribution in [2.24, 2.45) is 5.73 Å². The highest BCUT2D eigenvalue weighted by Crippen LogP contribution is 2.08. The fourth-order valence-corrected chi connectivity index (χ4v) is 0.989. The molecule has 0 atom stereocenters. The molecule has 82 valence electrons. The highest BCUT2D eigenvalue weighted by molar-refractivity contribution is 5.95. The van der Waals surface area contributed by atoms with E-state index in [0.29, 0.717) is 18.1 Å². The molecule has 0 saturated carbocycles. The Morgan fingerprint density at radius 2 is 2.33 bits per heavy atom. The van der Waals surface area contributed by atoms with Gasteiger partial charge >= 0.3 is 0 Å². The zero-order valence-electron chi connectivity index (χ0n) is 9.03. The largest absolute Gasteiger partial charge is 0.476 e. The summed E-state index contributed by atoms with van der Waals surface area (Å²) in [7, 11) is 3.95. The summed E-state index contributed by atoms with van der Waals surface area (Å²) in [6, 6.07) is 3.35. The van der Waals surface area contributed by atoms with E-state index in [1.54, 1.807) is 18.3 Å². The molecule has 1 aromatic heterocycles. The summed E-state index contributed by atoms with van der Waals surface area (Å²) in [5.74, 6) is 0.527. The molecule has 1 heterocycles. The summed E-state index contributed by atoms with van der Waals surface area (Å²) < 4.78 is 5.40.